The zero-order chi connectivity index (χ0) is 8.39. The van der Waals surface area contributed by atoms with Gasteiger partial charge in [-0.15, -0.1) is 0 Å². The first-order chi connectivity index (χ1) is 5.88. The maximum atomic E-state index is 4.14. The molecular weight excluding hydrogens is 149 g/mol. The van der Waals surface area contributed by atoms with Crippen LogP contribution in [0.3, 0.4) is 0 Å². The van der Waals surface area contributed by atoms with Gasteiger partial charge in [-0.3, -0.25) is 9.88 Å². The molecule has 0 aliphatic carbocycles. The smallest absolute Gasteiger partial charge is 0.0360 e. The SMILES string of the molecule is C[15N]1CCCC1c1cccnc1. The normalized spacial score (nSPS) is 24.6. The highest BCUT2D eigenvalue weighted by Gasteiger charge is 2.21. The number of pyridine rings is 1. The van der Waals surface area contributed by atoms with E-state index >= 15 is 0 Å². The van der Waals surface area contributed by atoms with Crippen LogP contribution < -0.4 is 0 Å². The van der Waals surface area contributed by atoms with E-state index in [1.165, 1.54) is 24.9 Å². The van der Waals surface area contributed by atoms with Crippen molar-refractivity contribution < 1.29 is 0 Å². The number of rotatable bonds is 1. The molecule has 2 heteroatoms. The number of hydrogen-bond donors (Lipinski definition) is 0. The fourth-order valence-corrected chi connectivity index (χ4v) is 1.90. The lowest BCUT2D eigenvalue weighted by molar-refractivity contribution is 0.317. The topological polar surface area (TPSA) is 16.1 Å². The highest BCUT2D eigenvalue weighted by Crippen LogP contribution is 2.29. The van der Waals surface area contributed by atoms with Crippen molar-refractivity contribution in [2.75, 3.05) is 13.6 Å². The van der Waals surface area contributed by atoms with Crippen molar-refractivity contribution in [2.45, 2.75) is 18.9 Å². The van der Waals surface area contributed by atoms with Crippen molar-refractivity contribution in [1.82, 2.24) is 9.88 Å². The van der Waals surface area contributed by atoms with Crippen molar-refractivity contribution in [3.05, 3.63) is 30.1 Å². The van der Waals surface area contributed by atoms with Crippen LogP contribution in [0.1, 0.15) is 24.4 Å². The third kappa shape index (κ3) is 1.34. The Balaban J connectivity index is 2.19. The molecule has 1 fully saturated rings. The van der Waals surface area contributed by atoms with Gasteiger partial charge in [0.05, 0.1) is 0 Å². The second kappa shape index (κ2) is 3.23. The summed E-state index contributed by atoms with van der Waals surface area (Å²) in [7, 11) is 2.19. The zero-order valence-corrected chi connectivity index (χ0v) is 7.40. The average Bonchev–Trinajstić information content (AvgIpc) is 2.53. The maximum absolute atomic E-state index is 4.14. The second-order valence-corrected chi connectivity index (χ2v) is 3.42. The van der Waals surface area contributed by atoms with Gasteiger partial charge in [-0.05, 0) is 38.1 Å². The first-order valence-corrected chi connectivity index (χ1v) is 4.48. The van der Waals surface area contributed by atoms with E-state index in [-0.39, 0.29) is 0 Å². The molecule has 0 N–H and O–H groups in total. The Morgan fingerprint density at radius 2 is 2.50 bits per heavy atom. The summed E-state index contributed by atoms with van der Waals surface area (Å²) in [5.74, 6) is 0. The molecule has 2 nitrogen and oxygen atoms in total. The lowest BCUT2D eigenvalue weighted by Crippen LogP contribution is -2.17. The monoisotopic (exact) mass is 163 g/mol. The molecule has 0 saturated carbocycles. The fourth-order valence-electron chi connectivity index (χ4n) is 1.90. The minimum absolute atomic E-state index is 0.610. The molecule has 1 atom stereocenters. The van der Waals surface area contributed by atoms with Crippen molar-refractivity contribution in [3.8, 4) is 0 Å². The van der Waals surface area contributed by atoms with E-state index in [1.54, 1.807) is 0 Å². The minimum atomic E-state index is 0.610. The lowest BCUT2D eigenvalue weighted by atomic mass is 10.1. The summed E-state index contributed by atoms with van der Waals surface area (Å²) in [6, 6.07) is 4.79. The number of hydrogen-bond acceptors (Lipinski definition) is 2. The predicted octanol–water partition coefficient (Wildman–Crippen LogP) is 1.85. The molecule has 64 valence electrons. The van der Waals surface area contributed by atoms with Crippen molar-refractivity contribution in [3.63, 3.8) is 0 Å². The van der Waals surface area contributed by atoms with E-state index in [0.29, 0.717) is 6.04 Å². The molecule has 2 heterocycles. The summed E-state index contributed by atoms with van der Waals surface area (Å²) < 4.78 is 0. The zero-order valence-electron chi connectivity index (χ0n) is 7.40. The molecular formula is C10H14N2. The Hall–Kier alpha value is -0.890. The Kier molecular flexibility index (Phi) is 2.09. The van der Waals surface area contributed by atoms with Crippen molar-refractivity contribution >= 4 is 0 Å². The fraction of sp³-hybridized carbons (Fsp3) is 0.500. The number of aromatic nitrogens is 1. The van der Waals surface area contributed by atoms with E-state index in [0.717, 1.165) is 0 Å². The molecule has 1 aliphatic heterocycles. The molecule has 0 bridgehead atoms. The molecule has 0 spiro atoms. The van der Waals surface area contributed by atoms with Gasteiger partial charge in [-0.25, -0.2) is 0 Å². The van der Waals surface area contributed by atoms with Crippen LogP contribution in [-0.2, 0) is 0 Å². The Labute approximate surface area is 73.2 Å². The molecule has 1 aromatic rings. The Morgan fingerprint density at radius 3 is 3.08 bits per heavy atom. The third-order valence-corrected chi connectivity index (χ3v) is 2.59. The van der Waals surface area contributed by atoms with Crippen LogP contribution in [0.4, 0.5) is 0 Å². The number of nitrogens with zero attached hydrogens (tertiary/aromatic N) is 2. The molecule has 1 aliphatic rings. The molecule has 1 unspecified atom stereocenters. The van der Waals surface area contributed by atoms with Crippen molar-refractivity contribution in [2.24, 2.45) is 0 Å². The summed E-state index contributed by atoms with van der Waals surface area (Å²) in [5, 5.41) is 0. The third-order valence-electron chi connectivity index (χ3n) is 2.59. The van der Waals surface area contributed by atoms with E-state index in [2.05, 4.69) is 23.0 Å². The van der Waals surface area contributed by atoms with Gasteiger partial charge < -0.3 is 0 Å². The summed E-state index contributed by atoms with van der Waals surface area (Å²) in [4.78, 5) is 6.54. The van der Waals surface area contributed by atoms with Crippen LogP contribution in [-0.4, -0.2) is 23.5 Å². The van der Waals surface area contributed by atoms with Gasteiger partial charge >= 0.3 is 0 Å². The standard InChI is InChI=1S/C10H14N2/c1-12-7-3-5-10(12)9-4-2-6-11-8-9/h2,4,6,8,10H,3,5,7H2,1H3/i12+1. The van der Waals surface area contributed by atoms with E-state index in [1.807, 2.05) is 18.5 Å². The maximum Gasteiger partial charge on any atom is 0.0360 e. The Morgan fingerprint density at radius 1 is 1.58 bits per heavy atom. The summed E-state index contributed by atoms with van der Waals surface area (Å²) in [6.45, 7) is 1.22. The molecule has 2 rings (SSSR count). The van der Waals surface area contributed by atoms with Gasteiger partial charge in [0.1, 0.15) is 0 Å². The van der Waals surface area contributed by atoms with Gasteiger partial charge in [0.2, 0.25) is 0 Å². The summed E-state index contributed by atoms with van der Waals surface area (Å²) in [6.07, 6.45) is 6.41. The quantitative estimate of drug-likeness (QED) is 0.587. The van der Waals surface area contributed by atoms with Crippen molar-refractivity contribution in [1.29, 1.82) is 0 Å². The van der Waals surface area contributed by atoms with Gasteiger partial charge in [0.25, 0.3) is 0 Å². The highest BCUT2D eigenvalue weighted by atomic mass is 15.9. The van der Waals surface area contributed by atoms with Crippen LogP contribution in [0.2, 0.25) is 0 Å². The van der Waals surface area contributed by atoms with E-state index in [4.69, 9.17) is 0 Å². The second-order valence-electron chi connectivity index (χ2n) is 3.42. The highest BCUT2D eigenvalue weighted by molar-refractivity contribution is 5.14. The first kappa shape index (κ1) is 7.74. The largest absolute Gasteiger partial charge is 0.299 e. The number of likely N-dealkylation sites (tertiary alicyclic amines) is 1. The van der Waals surface area contributed by atoms with Gasteiger partial charge in [0.15, 0.2) is 0 Å². The van der Waals surface area contributed by atoms with Gasteiger partial charge in [-0.1, -0.05) is 6.07 Å². The molecule has 0 radical (unpaired) electrons. The van der Waals surface area contributed by atoms with E-state index in [9.17, 15) is 0 Å². The van der Waals surface area contributed by atoms with Gasteiger partial charge in [-0.2, -0.15) is 0 Å². The molecule has 1 saturated heterocycles. The lowest BCUT2D eigenvalue weighted by Gasteiger charge is -2.18. The Bertz CT molecular complexity index is 245. The van der Waals surface area contributed by atoms with Crippen LogP contribution >= 0.6 is 0 Å². The molecule has 12 heavy (non-hydrogen) atoms. The summed E-state index contributed by atoms with van der Waals surface area (Å²) >= 11 is 0. The van der Waals surface area contributed by atoms with Crippen LogP contribution in [0.25, 0.3) is 0 Å². The van der Waals surface area contributed by atoms with Crippen LogP contribution in [0.5, 0.6) is 0 Å². The predicted molar refractivity (Wildman–Crippen MR) is 48.8 cm³/mol. The van der Waals surface area contributed by atoms with Gasteiger partial charge in [0, 0.05) is 18.4 Å². The summed E-state index contributed by atoms with van der Waals surface area (Å²) in [5.41, 5.74) is 1.36. The van der Waals surface area contributed by atoms with Crippen LogP contribution in [0.15, 0.2) is 24.5 Å². The minimum Gasteiger partial charge on any atom is -0.299 e. The van der Waals surface area contributed by atoms with E-state index < -0.39 is 0 Å². The molecule has 1 aromatic heterocycles. The first-order valence-electron chi connectivity index (χ1n) is 4.48. The average molecular weight is 163 g/mol. The molecule has 0 amide bonds. The molecule has 0 aromatic carbocycles. The van der Waals surface area contributed by atoms with Crippen LogP contribution in [0, 0.1) is 0 Å².